The van der Waals surface area contributed by atoms with Crippen LogP contribution in [-0.2, 0) is 4.74 Å². The Morgan fingerprint density at radius 1 is 1.62 bits per heavy atom. The van der Waals surface area contributed by atoms with Crippen LogP contribution in [0.1, 0.15) is 17.3 Å². The van der Waals surface area contributed by atoms with Crippen LogP contribution in [0, 0.1) is 0 Å². The van der Waals surface area contributed by atoms with E-state index in [-0.39, 0.29) is 0 Å². The van der Waals surface area contributed by atoms with Gasteiger partial charge in [0.15, 0.2) is 0 Å². The first kappa shape index (κ1) is 9.86. The molecule has 0 unspecified atom stereocenters. The third-order valence-corrected chi connectivity index (χ3v) is 1.80. The fourth-order valence-electron chi connectivity index (χ4n) is 0.906. The molecule has 0 spiro atoms. The van der Waals surface area contributed by atoms with E-state index in [1.807, 2.05) is 0 Å². The van der Waals surface area contributed by atoms with Gasteiger partial charge in [0.25, 0.3) is 0 Å². The zero-order valence-corrected chi connectivity index (χ0v) is 7.97. The summed E-state index contributed by atoms with van der Waals surface area (Å²) in [6.07, 6.45) is 0. The number of anilines is 1. The summed E-state index contributed by atoms with van der Waals surface area (Å²) < 4.78 is 4.78. The normalized spacial score (nSPS) is 9.69. The fourth-order valence-corrected chi connectivity index (χ4v) is 1.17. The van der Waals surface area contributed by atoms with E-state index in [1.165, 1.54) is 6.07 Å². The molecule has 4 heteroatoms. The molecular weight excluding hydrogens is 190 g/mol. The standard InChI is InChI=1S/C9H10ClNO2/c1-2-13-9(12)7-4-3-6(11)5-8(7)10/h3-5H,2,11H2,1H3. The monoisotopic (exact) mass is 199 g/mol. The van der Waals surface area contributed by atoms with Gasteiger partial charge in [-0.3, -0.25) is 0 Å². The molecule has 70 valence electrons. The van der Waals surface area contributed by atoms with Gasteiger partial charge in [-0.2, -0.15) is 0 Å². The van der Waals surface area contributed by atoms with Crippen LogP contribution in [0.5, 0.6) is 0 Å². The molecule has 0 heterocycles. The number of benzene rings is 1. The first-order chi connectivity index (χ1) is 6.15. The van der Waals surface area contributed by atoms with Gasteiger partial charge in [-0.05, 0) is 25.1 Å². The van der Waals surface area contributed by atoms with E-state index in [4.69, 9.17) is 22.1 Å². The Kier molecular flexibility index (Phi) is 3.14. The number of esters is 1. The predicted molar refractivity (Wildman–Crippen MR) is 51.8 cm³/mol. The van der Waals surface area contributed by atoms with Crippen molar-refractivity contribution in [2.75, 3.05) is 12.3 Å². The van der Waals surface area contributed by atoms with Crippen molar-refractivity contribution in [1.29, 1.82) is 0 Å². The summed E-state index contributed by atoms with van der Waals surface area (Å²) in [5.74, 6) is -0.424. The summed E-state index contributed by atoms with van der Waals surface area (Å²) in [5.41, 5.74) is 6.34. The zero-order chi connectivity index (χ0) is 9.84. The number of carbonyl (C=O) groups is 1. The first-order valence-corrected chi connectivity index (χ1v) is 4.25. The van der Waals surface area contributed by atoms with Gasteiger partial charge in [-0.15, -0.1) is 0 Å². The van der Waals surface area contributed by atoms with Gasteiger partial charge in [0.1, 0.15) is 0 Å². The molecule has 0 amide bonds. The first-order valence-electron chi connectivity index (χ1n) is 3.87. The van der Waals surface area contributed by atoms with E-state index in [0.717, 1.165) is 0 Å². The Bertz CT molecular complexity index is 325. The molecule has 13 heavy (non-hydrogen) atoms. The van der Waals surface area contributed by atoms with Gasteiger partial charge in [-0.25, -0.2) is 4.79 Å². The molecule has 1 aromatic carbocycles. The van der Waals surface area contributed by atoms with E-state index in [2.05, 4.69) is 0 Å². The van der Waals surface area contributed by atoms with Crippen LogP contribution in [0.4, 0.5) is 5.69 Å². The van der Waals surface area contributed by atoms with Gasteiger partial charge in [0.05, 0.1) is 17.2 Å². The number of nitrogen functional groups attached to an aromatic ring is 1. The van der Waals surface area contributed by atoms with Crippen molar-refractivity contribution in [2.24, 2.45) is 0 Å². The maximum Gasteiger partial charge on any atom is 0.339 e. The summed E-state index contributed by atoms with van der Waals surface area (Å²) in [4.78, 5) is 11.2. The van der Waals surface area contributed by atoms with Gasteiger partial charge in [0.2, 0.25) is 0 Å². The van der Waals surface area contributed by atoms with Crippen LogP contribution in [0.15, 0.2) is 18.2 Å². The minimum Gasteiger partial charge on any atom is -0.462 e. The molecule has 3 nitrogen and oxygen atoms in total. The third kappa shape index (κ3) is 2.36. The maximum atomic E-state index is 11.2. The second-order valence-electron chi connectivity index (χ2n) is 2.46. The van der Waals surface area contributed by atoms with E-state index in [1.54, 1.807) is 19.1 Å². The Morgan fingerprint density at radius 3 is 2.85 bits per heavy atom. The number of hydrogen-bond donors (Lipinski definition) is 1. The highest BCUT2D eigenvalue weighted by Gasteiger charge is 2.10. The smallest absolute Gasteiger partial charge is 0.339 e. The van der Waals surface area contributed by atoms with Gasteiger partial charge in [-0.1, -0.05) is 11.6 Å². The fraction of sp³-hybridized carbons (Fsp3) is 0.222. The number of hydrogen-bond acceptors (Lipinski definition) is 3. The number of ether oxygens (including phenoxy) is 1. The second kappa shape index (κ2) is 4.14. The molecular formula is C9H10ClNO2. The minimum absolute atomic E-state index is 0.318. The van der Waals surface area contributed by atoms with Crippen molar-refractivity contribution in [3.05, 3.63) is 28.8 Å². The average Bonchev–Trinajstić information content (AvgIpc) is 2.04. The van der Waals surface area contributed by atoms with Gasteiger partial charge in [0, 0.05) is 5.69 Å². The van der Waals surface area contributed by atoms with Crippen LogP contribution in [0.25, 0.3) is 0 Å². The summed E-state index contributed by atoms with van der Waals surface area (Å²) >= 11 is 5.78. The van der Waals surface area contributed by atoms with Crippen molar-refractivity contribution in [3.63, 3.8) is 0 Å². The lowest BCUT2D eigenvalue weighted by atomic mass is 10.2. The second-order valence-corrected chi connectivity index (χ2v) is 2.87. The molecule has 0 radical (unpaired) electrons. The molecule has 0 aliphatic heterocycles. The van der Waals surface area contributed by atoms with E-state index in [0.29, 0.717) is 22.9 Å². The minimum atomic E-state index is -0.424. The van der Waals surface area contributed by atoms with Crippen LogP contribution < -0.4 is 5.73 Å². The van der Waals surface area contributed by atoms with Crippen molar-refractivity contribution >= 4 is 23.3 Å². The highest BCUT2D eigenvalue weighted by molar-refractivity contribution is 6.33. The lowest BCUT2D eigenvalue weighted by Gasteiger charge is -2.03. The number of halogens is 1. The Labute approximate surface area is 81.4 Å². The lowest BCUT2D eigenvalue weighted by Crippen LogP contribution is -2.05. The maximum absolute atomic E-state index is 11.2. The summed E-state index contributed by atoms with van der Waals surface area (Å²) in [6.45, 7) is 2.07. The Balaban J connectivity index is 2.95. The number of carbonyl (C=O) groups excluding carboxylic acids is 1. The lowest BCUT2D eigenvalue weighted by molar-refractivity contribution is 0.0526. The molecule has 1 rings (SSSR count). The molecule has 0 fully saturated rings. The molecule has 1 aromatic rings. The molecule has 0 saturated heterocycles. The van der Waals surface area contributed by atoms with Crippen molar-refractivity contribution in [3.8, 4) is 0 Å². The van der Waals surface area contributed by atoms with Crippen LogP contribution in [0.3, 0.4) is 0 Å². The molecule has 0 bridgehead atoms. The van der Waals surface area contributed by atoms with Crippen molar-refractivity contribution in [1.82, 2.24) is 0 Å². The van der Waals surface area contributed by atoms with E-state index >= 15 is 0 Å². The highest BCUT2D eigenvalue weighted by Crippen LogP contribution is 2.19. The van der Waals surface area contributed by atoms with E-state index in [9.17, 15) is 4.79 Å². The summed E-state index contributed by atoms with van der Waals surface area (Å²) in [6, 6.07) is 4.68. The Morgan fingerprint density at radius 2 is 2.31 bits per heavy atom. The SMILES string of the molecule is CCOC(=O)c1ccc(N)cc1Cl. The Hall–Kier alpha value is -1.22. The molecule has 2 N–H and O–H groups in total. The summed E-state index contributed by atoms with van der Waals surface area (Å²) in [5, 5.41) is 0.318. The molecule has 0 atom stereocenters. The predicted octanol–water partition coefficient (Wildman–Crippen LogP) is 2.10. The quantitative estimate of drug-likeness (QED) is 0.586. The van der Waals surface area contributed by atoms with E-state index < -0.39 is 5.97 Å². The largest absolute Gasteiger partial charge is 0.462 e. The molecule has 0 aliphatic carbocycles. The van der Waals surface area contributed by atoms with Crippen molar-refractivity contribution < 1.29 is 9.53 Å². The zero-order valence-electron chi connectivity index (χ0n) is 7.21. The van der Waals surface area contributed by atoms with Crippen molar-refractivity contribution in [2.45, 2.75) is 6.92 Å². The van der Waals surface area contributed by atoms with Gasteiger partial charge >= 0.3 is 5.97 Å². The van der Waals surface area contributed by atoms with Crippen LogP contribution in [-0.4, -0.2) is 12.6 Å². The molecule has 0 aliphatic rings. The number of nitrogens with two attached hydrogens (primary N) is 1. The topological polar surface area (TPSA) is 52.3 Å². The third-order valence-electron chi connectivity index (χ3n) is 1.49. The van der Waals surface area contributed by atoms with Crippen LogP contribution >= 0.6 is 11.6 Å². The number of rotatable bonds is 2. The van der Waals surface area contributed by atoms with Gasteiger partial charge < -0.3 is 10.5 Å². The summed E-state index contributed by atoms with van der Waals surface area (Å²) in [7, 11) is 0. The van der Waals surface area contributed by atoms with Crippen LogP contribution in [0.2, 0.25) is 5.02 Å². The average molecular weight is 200 g/mol. The molecule has 0 saturated carbocycles. The highest BCUT2D eigenvalue weighted by atomic mass is 35.5. The molecule has 0 aromatic heterocycles.